The van der Waals surface area contributed by atoms with E-state index >= 15 is 0 Å². The summed E-state index contributed by atoms with van der Waals surface area (Å²) < 4.78 is 0. The van der Waals surface area contributed by atoms with Crippen molar-refractivity contribution in [3.05, 3.63) is 167 Å². The molecule has 2 atom stereocenters. The highest BCUT2D eigenvalue weighted by molar-refractivity contribution is 6.09. The molecule has 2 nitrogen and oxygen atoms in total. The van der Waals surface area contributed by atoms with Crippen LogP contribution in [0.25, 0.3) is 44.8 Å². The zero-order valence-corrected chi connectivity index (χ0v) is 31.2. The normalized spacial score (nSPS) is 18.6. The van der Waals surface area contributed by atoms with E-state index < -0.39 is 0 Å². The van der Waals surface area contributed by atoms with Crippen LogP contribution < -0.4 is 9.80 Å². The van der Waals surface area contributed by atoms with Crippen molar-refractivity contribution in [2.24, 2.45) is 0 Å². The first-order valence-corrected chi connectivity index (χ1v) is 19.5. The molecule has 3 aliphatic rings. The molecule has 0 amide bonds. The second kappa shape index (κ2) is 12.2. The van der Waals surface area contributed by atoms with Crippen molar-refractivity contribution in [1.29, 1.82) is 0 Å². The molecule has 2 unspecified atom stereocenters. The summed E-state index contributed by atoms with van der Waals surface area (Å²) >= 11 is 0. The van der Waals surface area contributed by atoms with Gasteiger partial charge in [0.25, 0.3) is 0 Å². The van der Waals surface area contributed by atoms with E-state index in [9.17, 15) is 0 Å². The third kappa shape index (κ3) is 5.22. The van der Waals surface area contributed by atoms with Gasteiger partial charge in [-0.25, -0.2) is 0 Å². The maximum Gasteiger partial charge on any atom is 0.0445 e. The Morgan fingerprint density at radius 2 is 1.00 bits per heavy atom. The van der Waals surface area contributed by atoms with Gasteiger partial charge in [0.15, 0.2) is 0 Å². The minimum absolute atomic E-state index is 0.0810. The smallest absolute Gasteiger partial charge is 0.0445 e. The fourth-order valence-corrected chi connectivity index (χ4v) is 9.68. The van der Waals surface area contributed by atoms with Crippen LogP contribution >= 0.6 is 0 Å². The average molecular weight is 687 g/mol. The van der Waals surface area contributed by atoms with Crippen LogP contribution in [0.3, 0.4) is 0 Å². The van der Waals surface area contributed by atoms with Gasteiger partial charge in [0, 0.05) is 40.2 Å². The molecule has 7 aromatic carbocycles. The summed E-state index contributed by atoms with van der Waals surface area (Å²) in [6.45, 7) is 9.50. The van der Waals surface area contributed by atoms with Crippen molar-refractivity contribution in [1.82, 2.24) is 0 Å². The van der Waals surface area contributed by atoms with Gasteiger partial charge in [0.2, 0.25) is 0 Å². The Hall–Kier alpha value is -5.60. The summed E-state index contributed by atoms with van der Waals surface area (Å²) in [6.07, 6.45) is 9.20. The highest BCUT2D eigenvalue weighted by Gasteiger charge is 2.36. The number of hydrogen-bond acceptors (Lipinski definition) is 2. The molecule has 0 aromatic heterocycles. The topological polar surface area (TPSA) is 6.48 Å². The molecule has 10 rings (SSSR count). The predicted octanol–water partition coefficient (Wildman–Crippen LogP) is 13.4. The largest absolute Gasteiger partial charge is 0.338 e. The molecule has 0 saturated heterocycles. The molecular weight excluding hydrogens is 641 g/mol. The molecule has 0 bridgehead atoms. The molecule has 0 fully saturated rings. The van der Waals surface area contributed by atoms with Gasteiger partial charge in [-0.05, 0) is 148 Å². The zero-order chi connectivity index (χ0) is 35.8. The third-order valence-corrected chi connectivity index (χ3v) is 12.6. The van der Waals surface area contributed by atoms with Gasteiger partial charge >= 0.3 is 0 Å². The molecule has 0 N–H and O–H groups in total. The van der Waals surface area contributed by atoms with Gasteiger partial charge in [-0.1, -0.05) is 117 Å². The fourth-order valence-electron chi connectivity index (χ4n) is 9.68. The lowest BCUT2D eigenvalue weighted by molar-refractivity contribution is 0.616. The minimum Gasteiger partial charge on any atom is -0.338 e. The van der Waals surface area contributed by atoms with Crippen LogP contribution in [0.1, 0.15) is 73.9 Å². The molecule has 2 aliphatic heterocycles. The molecule has 0 spiro atoms. The molecule has 2 heterocycles. The minimum atomic E-state index is -0.0810. The van der Waals surface area contributed by atoms with Gasteiger partial charge in [-0.3, -0.25) is 0 Å². The van der Waals surface area contributed by atoms with E-state index in [-0.39, 0.29) is 5.41 Å². The van der Waals surface area contributed by atoms with Crippen LogP contribution in [0.5, 0.6) is 0 Å². The summed E-state index contributed by atoms with van der Waals surface area (Å²) in [6, 6.07) is 51.5. The summed E-state index contributed by atoms with van der Waals surface area (Å²) in [7, 11) is 0. The van der Waals surface area contributed by atoms with Crippen LogP contribution in [-0.4, -0.2) is 12.1 Å². The van der Waals surface area contributed by atoms with E-state index in [0.29, 0.717) is 12.1 Å². The van der Waals surface area contributed by atoms with Gasteiger partial charge in [0.05, 0.1) is 0 Å². The molecule has 0 radical (unpaired) electrons. The lowest BCUT2D eigenvalue weighted by Crippen LogP contribution is -2.33. The van der Waals surface area contributed by atoms with Gasteiger partial charge in [0.1, 0.15) is 0 Å². The number of anilines is 4. The fraction of sp³-hybridized carbons (Fsp3) is 0.216. The lowest BCUT2D eigenvalue weighted by Gasteiger charge is -2.37. The van der Waals surface area contributed by atoms with Crippen molar-refractivity contribution in [3.8, 4) is 11.1 Å². The number of para-hydroxylation sites is 2. The number of nitrogens with zero attached hydrogens (tertiary/aromatic N) is 2. The number of aryl methyl sites for hydroxylation is 2. The molecule has 7 aromatic rings. The quantitative estimate of drug-likeness (QED) is 0.134. The monoisotopic (exact) mass is 686 g/mol. The standard InChI is InChI=1S/C51H46N2/c1-33-13-19-37-9-5-7-11-49(37)52(33)41-23-27-44-40(31-41)22-21-39-29-35(17-25-43(39)44)15-16-36-18-26-45-46-28-24-42(32-48(46)51(3,4)47(45)30-36)53-34(2)14-20-38-10-6-8-12-50(38)53/h5-12,15-18,21-34H,13-14,19-20H2,1-4H3. The molecule has 1 aliphatic carbocycles. The number of hydrogen-bond donors (Lipinski definition) is 0. The first kappa shape index (κ1) is 32.1. The summed E-state index contributed by atoms with van der Waals surface area (Å²) in [5.41, 5.74) is 16.1. The van der Waals surface area contributed by atoms with Crippen molar-refractivity contribution < 1.29 is 0 Å². The maximum absolute atomic E-state index is 2.56. The van der Waals surface area contributed by atoms with Crippen molar-refractivity contribution in [3.63, 3.8) is 0 Å². The van der Waals surface area contributed by atoms with Crippen LogP contribution in [0.4, 0.5) is 22.7 Å². The van der Waals surface area contributed by atoms with Gasteiger partial charge in [-0.15, -0.1) is 0 Å². The Morgan fingerprint density at radius 1 is 0.509 bits per heavy atom. The molecule has 2 heteroatoms. The second-order valence-electron chi connectivity index (χ2n) is 16.2. The second-order valence-corrected chi connectivity index (χ2v) is 16.2. The number of fused-ring (bicyclic) bond motifs is 8. The van der Waals surface area contributed by atoms with Crippen molar-refractivity contribution in [2.45, 2.75) is 70.9 Å². The van der Waals surface area contributed by atoms with E-state index in [2.05, 4.69) is 183 Å². The Labute approximate surface area is 314 Å². The highest BCUT2D eigenvalue weighted by Crippen LogP contribution is 2.51. The van der Waals surface area contributed by atoms with E-state index in [1.807, 2.05) is 0 Å². The van der Waals surface area contributed by atoms with Crippen LogP contribution in [0.15, 0.2) is 133 Å². The average Bonchev–Trinajstić information content (AvgIpc) is 3.41. The summed E-state index contributed by atoms with van der Waals surface area (Å²) in [5, 5.41) is 5.17. The number of benzene rings is 7. The van der Waals surface area contributed by atoms with Crippen LogP contribution in [-0.2, 0) is 18.3 Å². The first-order chi connectivity index (χ1) is 25.8. The molecule has 0 saturated carbocycles. The van der Waals surface area contributed by atoms with E-state index in [4.69, 9.17) is 0 Å². The Balaban J connectivity index is 0.926. The Bertz CT molecular complexity index is 2610. The first-order valence-electron chi connectivity index (χ1n) is 19.5. The summed E-state index contributed by atoms with van der Waals surface area (Å²) in [5.74, 6) is 0. The van der Waals surface area contributed by atoms with E-state index in [0.717, 1.165) is 12.8 Å². The molecule has 53 heavy (non-hydrogen) atoms. The zero-order valence-electron chi connectivity index (χ0n) is 31.2. The van der Waals surface area contributed by atoms with Crippen LogP contribution in [0.2, 0.25) is 0 Å². The third-order valence-electron chi connectivity index (χ3n) is 12.6. The Kier molecular flexibility index (Phi) is 7.41. The SMILES string of the molecule is CC1CCc2ccccc2N1c1ccc2c(c1)C(C)(C)c1cc(C=Cc3ccc4c(ccc5cc(N6c7ccccc7CCC6C)ccc54)c3)ccc1-2. The van der Waals surface area contributed by atoms with Crippen molar-refractivity contribution >= 4 is 56.4 Å². The van der Waals surface area contributed by atoms with Gasteiger partial charge < -0.3 is 9.80 Å². The Morgan fingerprint density at radius 3 is 1.66 bits per heavy atom. The predicted molar refractivity (Wildman–Crippen MR) is 227 cm³/mol. The van der Waals surface area contributed by atoms with E-state index in [1.54, 1.807) is 0 Å². The van der Waals surface area contributed by atoms with E-state index in [1.165, 1.54) is 102 Å². The molecule has 260 valence electrons. The van der Waals surface area contributed by atoms with Crippen LogP contribution in [0, 0.1) is 0 Å². The van der Waals surface area contributed by atoms with Gasteiger partial charge in [-0.2, -0.15) is 0 Å². The highest BCUT2D eigenvalue weighted by atomic mass is 15.2. The molecular formula is C51H46N2. The van der Waals surface area contributed by atoms with Crippen molar-refractivity contribution in [2.75, 3.05) is 9.80 Å². The summed E-state index contributed by atoms with van der Waals surface area (Å²) in [4.78, 5) is 5.09. The lowest BCUT2D eigenvalue weighted by atomic mass is 9.81. The number of rotatable bonds is 4. The maximum atomic E-state index is 2.56.